The van der Waals surface area contributed by atoms with Gasteiger partial charge < -0.3 is 14.6 Å². The van der Waals surface area contributed by atoms with Gasteiger partial charge in [0.1, 0.15) is 11.6 Å². The highest BCUT2D eigenvalue weighted by atomic mass is 35.5. The van der Waals surface area contributed by atoms with Gasteiger partial charge in [0.25, 0.3) is 0 Å². The molecule has 4 rings (SSSR count). The number of benzene rings is 2. The molecule has 34 heavy (non-hydrogen) atoms. The summed E-state index contributed by atoms with van der Waals surface area (Å²) in [7, 11) is 0. The summed E-state index contributed by atoms with van der Waals surface area (Å²) < 4.78 is 32.5. The van der Waals surface area contributed by atoms with Gasteiger partial charge in [0.05, 0.1) is 29.0 Å². The number of hydrogen-bond acceptors (Lipinski definition) is 5. The minimum atomic E-state index is -0.739. The molecule has 0 radical (unpaired) electrons. The van der Waals surface area contributed by atoms with Gasteiger partial charge in [-0.3, -0.25) is 14.5 Å². The predicted octanol–water partition coefficient (Wildman–Crippen LogP) is 3.99. The first-order valence-electron chi connectivity index (χ1n) is 10.8. The number of para-hydroxylation sites is 1. The number of rotatable bonds is 7. The van der Waals surface area contributed by atoms with E-state index < -0.39 is 11.6 Å². The number of oxazole rings is 1. The van der Waals surface area contributed by atoms with E-state index in [-0.39, 0.29) is 42.5 Å². The van der Waals surface area contributed by atoms with Crippen molar-refractivity contribution < 1.29 is 22.8 Å². The highest BCUT2D eigenvalue weighted by molar-refractivity contribution is 6.33. The molecule has 2 amide bonds. The van der Waals surface area contributed by atoms with E-state index >= 15 is 0 Å². The second kappa shape index (κ2) is 10.8. The number of halogens is 3. The molecule has 0 atom stereocenters. The second-order valence-electron chi connectivity index (χ2n) is 7.93. The van der Waals surface area contributed by atoms with E-state index in [9.17, 15) is 18.4 Å². The van der Waals surface area contributed by atoms with E-state index in [0.29, 0.717) is 42.8 Å². The third-order valence-electron chi connectivity index (χ3n) is 5.54. The van der Waals surface area contributed by atoms with Gasteiger partial charge in [0.15, 0.2) is 11.7 Å². The molecule has 1 aromatic heterocycles. The molecule has 2 heterocycles. The number of aryl methyl sites for hydroxylation is 1. The summed E-state index contributed by atoms with van der Waals surface area (Å²) >= 11 is 6.07. The Kier molecular flexibility index (Phi) is 7.54. The van der Waals surface area contributed by atoms with Crippen molar-refractivity contribution >= 4 is 29.1 Å². The average Bonchev–Trinajstić information content (AvgIpc) is 3.28. The molecule has 1 aliphatic rings. The number of anilines is 1. The maximum Gasteiger partial charge on any atom is 0.238 e. The molecule has 0 bridgehead atoms. The largest absolute Gasteiger partial charge is 0.441 e. The zero-order valence-electron chi connectivity index (χ0n) is 18.3. The van der Waals surface area contributed by atoms with Crippen molar-refractivity contribution in [3.63, 3.8) is 0 Å². The number of amides is 2. The molecule has 0 unspecified atom stereocenters. The molecule has 1 fully saturated rings. The molecule has 1 aliphatic heterocycles. The Labute approximate surface area is 200 Å². The number of nitrogens with one attached hydrogen (secondary N) is 1. The van der Waals surface area contributed by atoms with Crippen molar-refractivity contribution in [2.24, 2.45) is 0 Å². The quantitative estimate of drug-likeness (QED) is 0.544. The van der Waals surface area contributed by atoms with Crippen LogP contribution in [-0.4, -0.2) is 59.3 Å². The zero-order valence-corrected chi connectivity index (χ0v) is 19.0. The van der Waals surface area contributed by atoms with Crippen molar-refractivity contribution in [3.8, 4) is 11.3 Å². The number of nitrogens with zero attached hydrogens (tertiary/aromatic N) is 3. The maximum atomic E-state index is 13.9. The van der Waals surface area contributed by atoms with Gasteiger partial charge in [-0.15, -0.1) is 0 Å². The Balaban J connectivity index is 1.22. The smallest absolute Gasteiger partial charge is 0.238 e. The number of aromatic nitrogens is 1. The fourth-order valence-electron chi connectivity index (χ4n) is 3.72. The van der Waals surface area contributed by atoms with Crippen LogP contribution >= 0.6 is 11.6 Å². The van der Waals surface area contributed by atoms with Crippen LogP contribution in [0.1, 0.15) is 12.3 Å². The van der Waals surface area contributed by atoms with Crippen LogP contribution in [0.25, 0.3) is 11.3 Å². The minimum Gasteiger partial charge on any atom is -0.441 e. The lowest BCUT2D eigenvalue weighted by atomic mass is 10.2. The molecule has 0 spiro atoms. The van der Waals surface area contributed by atoms with Crippen LogP contribution in [-0.2, 0) is 16.0 Å². The molecule has 1 N–H and O–H groups in total. The van der Waals surface area contributed by atoms with E-state index in [1.807, 2.05) is 4.90 Å². The van der Waals surface area contributed by atoms with E-state index in [1.165, 1.54) is 12.3 Å². The normalized spacial score (nSPS) is 14.3. The summed E-state index contributed by atoms with van der Waals surface area (Å²) in [6.45, 7) is 2.39. The molecule has 1 saturated heterocycles. The van der Waals surface area contributed by atoms with Gasteiger partial charge in [-0.05, 0) is 24.3 Å². The fourth-order valence-corrected chi connectivity index (χ4v) is 3.91. The highest BCUT2D eigenvalue weighted by Gasteiger charge is 2.23. The van der Waals surface area contributed by atoms with Crippen LogP contribution in [0.5, 0.6) is 0 Å². The van der Waals surface area contributed by atoms with Gasteiger partial charge in [0, 0.05) is 45.1 Å². The van der Waals surface area contributed by atoms with Gasteiger partial charge >= 0.3 is 0 Å². The summed E-state index contributed by atoms with van der Waals surface area (Å²) in [4.78, 5) is 32.7. The molecule has 0 aliphatic carbocycles. The summed E-state index contributed by atoms with van der Waals surface area (Å²) in [5, 5.41) is 3.28. The molecule has 7 nitrogen and oxygen atoms in total. The first-order valence-corrected chi connectivity index (χ1v) is 11.2. The van der Waals surface area contributed by atoms with Crippen molar-refractivity contribution in [1.82, 2.24) is 14.8 Å². The Bertz CT molecular complexity index is 1180. The van der Waals surface area contributed by atoms with Gasteiger partial charge in [-0.1, -0.05) is 23.7 Å². The first-order chi connectivity index (χ1) is 16.4. The Morgan fingerprint density at radius 3 is 2.59 bits per heavy atom. The van der Waals surface area contributed by atoms with Crippen LogP contribution in [0, 0.1) is 11.6 Å². The van der Waals surface area contributed by atoms with Crippen LogP contribution < -0.4 is 5.32 Å². The average molecular weight is 489 g/mol. The lowest BCUT2D eigenvalue weighted by Crippen LogP contribution is -2.50. The van der Waals surface area contributed by atoms with Crippen molar-refractivity contribution in [2.45, 2.75) is 12.8 Å². The maximum absolute atomic E-state index is 13.9. The molecule has 0 saturated carbocycles. The Morgan fingerprint density at radius 2 is 1.85 bits per heavy atom. The number of carbonyl (C=O) groups is 2. The molecule has 2 aromatic carbocycles. The van der Waals surface area contributed by atoms with Crippen LogP contribution in [0.15, 0.2) is 53.1 Å². The number of carbonyl (C=O) groups excluding carboxylic acids is 2. The predicted molar refractivity (Wildman–Crippen MR) is 123 cm³/mol. The Hall–Kier alpha value is -3.30. The third-order valence-corrected chi connectivity index (χ3v) is 5.87. The lowest BCUT2D eigenvalue weighted by Gasteiger charge is -2.34. The number of piperazine rings is 1. The second-order valence-corrected chi connectivity index (χ2v) is 8.33. The number of hydrogen-bond donors (Lipinski definition) is 1. The summed E-state index contributed by atoms with van der Waals surface area (Å²) in [6.07, 6.45) is 1.82. The summed E-state index contributed by atoms with van der Waals surface area (Å²) in [6, 6.07) is 10.2. The molecular weight excluding hydrogens is 466 g/mol. The van der Waals surface area contributed by atoms with E-state index in [2.05, 4.69) is 10.3 Å². The van der Waals surface area contributed by atoms with Crippen LogP contribution in [0.2, 0.25) is 5.02 Å². The van der Waals surface area contributed by atoms with Crippen molar-refractivity contribution in [1.29, 1.82) is 0 Å². The van der Waals surface area contributed by atoms with Gasteiger partial charge in [-0.2, -0.15) is 0 Å². The monoisotopic (exact) mass is 488 g/mol. The molecule has 3 aromatic rings. The summed E-state index contributed by atoms with van der Waals surface area (Å²) in [5.41, 5.74) is 0.681. The highest BCUT2D eigenvalue weighted by Crippen LogP contribution is 2.25. The fraction of sp³-hybridized carbons (Fsp3) is 0.292. The zero-order chi connectivity index (χ0) is 24.1. The Morgan fingerprint density at radius 1 is 1.09 bits per heavy atom. The van der Waals surface area contributed by atoms with E-state index in [0.717, 1.165) is 12.1 Å². The molecule has 10 heteroatoms. The first kappa shape index (κ1) is 23.8. The van der Waals surface area contributed by atoms with E-state index in [4.69, 9.17) is 16.0 Å². The standard InChI is InChI=1S/C24H23ClF2N4O3/c25-18-3-1-2-4-20(18)29-22(32)15-30-9-11-31(12-10-30)24(33)8-7-23-28-14-21(34-23)17-6-5-16(26)13-19(17)27/h1-6,13-14H,7-12,15H2,(H,29,32). The molecular formula is C24H23ClF2N4O3. The van der Waals surface area contributed by atoms with Crippen LogP contribution in [0.3, 0.4) is 0 Å². The third kappa shape index (κ3) is 5.98. The van der Waals surface area contributed by atoms with Crippen LogP contribution in [0.4, 0.5) is 14.5 Å². The van der Waals surface area contributed by atoms with Crippen molar-refractivity contribution in [2.75, 3.05) is 38.0 Å². The lowest BCUT2D eigenvalue weighted by molar-refractivity contribution is -0.133. The SMILES string of the molecule is O=C(CN1CCN(C(=O)CCc2ncc(-c3ccc(F)cc3F)o2)CC1)Nc1ccccc1Cl. The minimum absolute atomic E-state index is 0.0483. The van der Waals surface area contributed by atoms with E-state index in [1.54, 1.807) is 29.2 Å². The van der Waals surface area contributed by atoms with Crippen molar-refractivity contribution in [3.05, 3.63) is 71.2 Å². The summed E-state index contributed by atoms with van der Waals surface area (Å²) in [5.74, 6) is -1.13. The van der Waals surface area contributed by atoms with Gasteiger partial charge in [0.2, 0.25) is 11.8 Å². The topological polar surface area (TPSA) is 78.7 Å². The van der Waals surface area contributed by atoms with Gasteiger partial charge in [-0.25, -0.2) is 13.8 Å². The molecule has 178 valence electrons.